The Morgan fingerprint density at radius 1 is 1.40 bits per heavy atom. The van der Waals surface area contributed by atoms with Crippen LogP contribution in [0.15, 0.2) is 29.2 Å². The number of nitrogens with one attached hydrogen (secondary N) is 1. The van der Waals surface area contributed by atoms with Gasteiger partial charge in [0.05, 0.1) is 5.56 Å². The van der Waals surface area contributed by atoms with Crippen molar-refractivity contribution < 1.29 is 23.1 Å². The molecule has 20 heavy (non-hydrogen) atoms. The highest BCUT2D eigenvalue weighted by molar-refractivity contribution is 8.00. The van der Waals surface area contributed by atoms with Crippen molar-refractivity contribution in [2.24, 2.45) is 0 Å². The molecule has 0 fully saturated rings. The maximum atomic E-state index is 12.4. The fourth-order valence-corrected chi connectivity index (χ4v) is 2.31. The first-order valence-corrected chi connectivity index (χ1v) is 6.91. The molecule has 1 atom stereocenters. The average molecular weight is 307 g/mol. The number of carbonyl (C=O) groups excluding carboxylic acids is 1. The molecule has 0 aliphatic rings. The zero-order valence-electron chi connectivity index (χ0n) is 10.9. The lowest BCUT2D eigenvalue weighted by Gasteiger charge is -2.15. The Hall–Kier alpha value is -1.21. The molecule has 0 aliphatic heterocycles. The first-order valence-electron chi connectivity index (χ1n) is 6.10. The zero-order valence-corrected chi connectivity index (χ0v) is 11.7. The summed E-state index contributed by atoms with van der Waals surface area (Å²) >= 11 is -0.300. The number of aliphatic hydroxyl groups is 1. The van der Waals surface area contributed by atoms with E-state index in [-0.39, 0.29) is 34.9 Å². The molecule has 0 spiro atoms. The van der Waals surface area contributed by atoms with Crippen molar-refractivity contribution in [1.29, 1.82) is 0 Å². The van der Waals surface area contributed by atoms with Crippen molar-refractivity contribution in [2.45, 2.75) is 36.2 Å². The lowest BCUT2D eigenvalue weighted by atomic mass is 10.1. The summed E-state index contributed by atoms with van der Waals surface area (Å²) in [5.41, 5.74) is -4.43. The monoisotopic (exact) mass is 307 g/mol. The predicted octanol–water partition coefficient (Wildman–Crippen LogP) is 3.19. The standard InChI is InChI=1S/C13H16F3NO2S/c1-9(5-4-8-18)17-12(19)10-6-2-3-7-11(10)20-13(14,15)16/h2-3,6-7,9,18H,4-5,8H2,1H3,(H,17,19). The van der Waals surface area contributed by atoms with Gasteiger partial charge in [-0.1, -0.05) is 12.1 Å². The highest BCUT2D eigenvalue weighted by Gasteiger charge is 2.31. The van der Waals surface area contributed by atoms with E-state index in [0.29, 0.717) is 12.8 Å². The molecular weight excluding hydrogens is 291 g/mol. The molecule has 1 rings (SSSR count). The van der Waals surface area contributed by atoms with E-state index < -0.39 is 11.4 Å². The minimum atomic E-state index is -4.43. The van der Waals surface area contributed by atoms with Crippen LogP contribution in [0.2, 0.25) is 0 Å². The van der Waals surface area contributed by atoms with Crippen LogP contribution in [0.4, 0.5) is 13.2 Å². The van der Waals surface area contributed by atoms with Gasteiger partial charge in [0.1, 0.15) is 0 Å². The smallest absolute Gasteiger partial charge is 0.396 e. The van der Waals surface area contributed by atoms with E-state index in [4.69, 9.17) is 5.11 Å². The number of halogens is 3. The maximum absolute atomic E-state index is 12.4. The van der Waals surface area contributed by atoms with Gasteiger partial charge in [-0.3, -0.25) is 4.79 Å². The van der Waals surface area contributed by atoms with Crippen LogP contribution < -0.4 is 5.32 Å². The second-order valence-electron chi connectivity index (χ2n) is 4.28. The summed E-state index contributed by atoms with van der Waals surface area (Å²) in [6, 6.07) is 5.40. The summed E-state index contributed by atoms with van der Waals surface area (Å²) in [4.78, 5) is 11.9. The van der Waals surface area contributed by atoms with Crippen LogP contribution in [-0.4, -0.2) is 29.2 Å². The SMILES string of the molecule is CC(CCCO)NC(=O)c1ccccc1SC(F)(F)F. The van der Waals surface area contributed by atoms with E-state index >= 15 is 0 Å². The van der Waals surface area contributed by atoms with E-state index in [1.54, 1.807) is 6.92 Å². The summed E-state index contributed by atoms with van der Waals surface area (Å²) in [6.45, 7) is 1.76. The van der Waals surface area contributed by atoms with Gasteiger partial charge in [0.25, 0.3) is 5.91 Å². The molecule has 0 saturated heterocycles. The van der Waals surface area contributed by atoms with E-state index in [1.807, 2.05) is 0 Å². The molecule has 112 valence electrons. The number of thioether (sulfide) groups is 1. The van der Waals surface area contributed by atoms with Crippen LogP contribution in [0.1, 0.15) is 30.1 Å². The minimum absolute atomic E-state index is 0.00525. The van der Waals surface area contributed by atoms with Crippen molar-refractivity contribution in [3.8, 4) is 0 Å². The molecule has 1 unspecified atom stereocenters. The molecule has 0 bridgehead atoms. The fraction of sp³-hybridized carbons (Fsp3) is 0.462. The van der Waals surface area contributed by atoms with Gasteiger partial charge in [-0.25, -0.2) is 0 Å². The number of amides is 1. The number of rotatable bonds is 6. The normalized spacial score (nSPS) is 13.1. The van der Waals surface area contributed by atoms with Crippen LogP contribution in [0.5, 0.6) is 0 Å². The minimum Gasteiger partial charge on any atom is -0.396 e. The summed E-state index contributed by atoms with van der Waals surface area (Å²) < 4.78 is 37.3. The first-order chi connectivity index (χ1) is 9.33. The van der Waals surface area contributed by atoms with Crippen LogP contribution in [0.25, 0.3) is 0 Å². The Kier molecular flexibility index (Phi) is 6.35. The number of carbonyl (C=O) groups is 1. The van der Waals surface area contributed by atoms with Gasteiger partial charge in [-0.15, -0.1) is 0 Å². The van der Waals surface area contributed by atoms with Crippen molar-refractivity contribution in [3.63, 3.8) is 0 Å². The molecule has 0 aromatic heterocycles. The second-order valence-corrected chi connectivity index (χ2v) is 5.39. The maximum Gasteiger partial charge on any atom is 0.446 e. The molecule has 1 aromatic rings. The lowest BCUT2D eigenvalue weighted by Crippen LogP contribution is -2.33. The molecule has 0 heterocycles. The fourth-order valence-electron chi connectivity index (χ4n) is 1.64. The summed E-state index contributed by atoms with van der Waals surface area (Å²) in [5.74, 6) is -0.539. The Labute approximate surface area is 119 Å². The van der Waals surface area contributed by atoms with Gasteiger partial charge < -0.3 is 10.4 Å². The van der Waals surface area contributed by atoms with E-state index in [0.717, 1.165) is 0 Å². The third-order valence-electron chi connectivity index (χ3n) is 2.53. The van der Waals surface area contributed by atoms with Gasteiger partial charge in [0.2, 0.25) is 0 Å². The van der Waals surface area contributed by atoms with Crippen LogP contribution in [0, 0.1) is 0 Å². The molecule has 0 aliphatic carbocycles. The molecule has 7 heteroatoms. The topological polar surface area (TPSA) is 49.3 Å². The van der Waals surface area contributed by atoms with E-state index in [2.05, 4.69) is 5.32 Å². The number of hydrogen-bond acceptors (Lipinski definition) is 3. The summed E-state index contributed by atoms with van der Waals surface area (Å²) in [6.07, 6.45) is 1.09. The van der Waals surface area contributed by atoms with Gasteiger partial charge >= 0.3 is 5.51 Å². The lowest BCUT2D eigenvalue weighted by molar-refractivity contribution is -0.0328. The number of hydrogen-bond donors (Lipinski definition) is 2. The second kappa shape index (κ2) is 7.54. The van der Waals surface area contributed by atoms with Gasteiger partial charge in [-0.2, -0.15) is 13.2 Å². The van der Waals surface area contributed by atoms with Crippen LogP contribution in [-0.2, 0) is 0 Å². The molecule has 3 nitrogen and oxygen atoms in total. The number of benzene rings is 1. The first kappa shape index (κ1) is 16.8. The van der Waals surface area contributed by atoms with Gasteiger partial charge in [0, 0.05) is 17.5 Å². The molecule has 2 N–H and O–H groups in total. The van der Waals surface area contributed by atoms with Crippen molar-refractivity contribution in [1.82, 2.24) is 5.32 Å². The Balaban J connectivity index is 2.77. The van der Waals surface area contributed by atoms with Crippen molar-refractivity contribution in [3.05, 3.63) is 29.8 Å². The third kappa shape index (κ3) is 5.83. The molecule has 0 radical (unpaired) electrons. The quantitative estimate of drug-likeness (QED) is 0.794. The largest absolute Gasteiger partial charge is 0.446 e. The van der Waals surface area contributed by atoms with Gasteiger partial charge in [0.15, 0.2) is 0 Å². The Morgan fingerprint density at radius 2 is 2.05 bits per heavy atom. The van der Waals surface area contributed by atoms with Crippen LogP contribution >= 0.6 is 11.8 Å². The molecular formula is C13H16F3NO2S. The van der Waals surface area contributed by atoms with Gasteiger partial charge in [-0.05, 0) is 43.7 Å². The Morgan fingerprint density at radius 3 is 2.65 bits per heavy atom. The zero-order chi connectivity index (χ0) is 15.2. The van der Waals surface area contributed by atoms with E-state index in [9.17, 15) is 18.0 Å². The molecule has 1 aromatic carbocycles. The number of alkyl halides is 3. The highest BCUT2D eigenvalue weighted by Crippen LogP contribution is 2.38. The van der Waals surface area contributed by atoms with Crippen molar-refractivity contribution in [2.75, 3.05) is 6.61 Å². The summed E-state index contributed by atoms with van der Waals surface area (Å²) in [7, 11) is 0. The Bertz CT molecular complexity index is 451. The van der Waals surface area contributed by atoms with E-state index in [1.165, 1.54) is 24.3 Å². The average Bonchev–Trinajstić information content (AvgIpc) is 2.35. The third-order valence-corrected chi connectivity index (χ3v) is 3.34. The predicted molar refractivity (Wildman–Crippen MR) is 71.6 cm³/mol. The molecule has 1 amide bonds. The number of aliphatic hydroxyl groups excluding tert-OH is 1. The van der Waals surface area contributed by atoms with Crippen molar-refractivity contribution >= 4 is 17.7 Å². The summed E-state index contributed by atoms with van der Waals surface area (Å²) in [5, 5.41) is 11.3. The highest BCUT2D eigenvalue weighted by atomic mass is 32.2. The van der Waals surface area contributed by atoms with Crippen LogP contribution in [0.3, 0.4) is 0 Å². The molecule has 0 saturated carbocycles.